The van der Waals surface area contributed by atoms with Crippen molar-refractivity contribution in [2.24, 2.45) is 17.8 Å². The summed E-state index contributed by atoms with van der Waals surface area (Å²) in [6.45, 7) is 2.72. The van der Waals surface area contributed by atoms with Crippen LogP contribution in [0.5, 0.6) is 0 Å². The van der Waals surface area contributed by atoms with Crippen molar-refractivity contribution in [3.05, 3.63) is 77.1 Å². The van der Waals surface area contributed by atoms with Crippen molar-refractivity contribution < 1.29 is 17.9 Å². The van der Waals surface area contributed by atoms with Crippen molar-refractivity contribution in [1.29, 1.82) is 0 Å². The zero-order valence-corrected chi connectivity index (χ0v) is 20.5. The van der Waals surface area contributed by atoms with E-state index in [1.807, 2.05) is 43.3 Å². The smallest absolute Gasteiger partial charge is 0.166 e. The van der Waals surface area contributed by atoms with E-state index < -0.39 is 11.6 Å². The van der Waals surface area contributed by atoms with Gasteiger partial charge in [0.2, 0.25) is 0 Å². The fourth-order valence-electron chi connectivity index (χ4n) is 6.10. The standard InChI is InChI=1S/C31H35F3O/c1-2-3-20-4-9-22(10-5-20)26-16-17-27(31(34)30(26)33)23-11-6-21(7-12-23)8-13-24-14-15-25(18-28(24)32)29-19-35-29/h2-5,9-10,16-18,21,23-25,29H,6-8,11-15,19H2,1H3/b3-2+. The molecule has 1 aliphatic heterocycles. The second-order valence-corrected chi connectivity index (χ2v) is 10.6. The van der Waals surface area contributed by atoms with E-state index in [-0.39, 0.29) is 29.7 Å². The number of ether oxygens (including phenoxy) is 1. The van der Waals surface area contributed by atoms with Gasteiger partial charge in [-0.15, -0.1) is 0 Å². The maximum Gasteiger partial charge on any atom is 0.166 e. The van der Waals surface area contributed by atoms with Crippen LogP contribution in [0.4, 0.5) is 13.2 Å². The minimum absolute atomic E-state index is 0.0499. The van der Waals surface area contributed by atoms with Gasteiger partial charge in [0, 0.05) is 17.4 Å². The van der Waals surface area contributed by atoms with Crippen LogP contribution >= 0.6 is 0 Å². The third-order valence-corrected chi connectivity index (χ3v) is 8.35. The molecule has 2 aromatic carbocycles. The summed E-state index contributed by atoms with van der Waals surface area (Å²) in [6.07, 6.45) is 13.5. The molecular weight excluding hydrogens is 445 g/mol. The number of halogens is 3. The van der Waals surface area contributed by atoms with E-state index in [1.165, 1.54) is 0 Å². The van der Waals surface area contributed by atoms with Crippen LogP contribution in [0.15, 0.2) is 54.4 Å². The Hall–Kier alpha value is -2.33. The number of epoxide rings is 1. The fourth-order valence-corrected chi connectivity index (χ4v) is 6.10. The van der Waals surface area contributed by atoms with Crippen LogP contribution in [-0.2, 0) is 4.74 Å². The molecule has 0 amide bonds. The molecule has 0 aromatic heterocycles. The molecule has 0 radical (unpaired) electrons. The van der Waals surface area contributed by atoms with Crippen LogP contribution in [0.2, 0.25) is 0 Å². The van der Waals surface area contributed by atoms with Gasteiger partial charge in [0.15, 0.2) is 11.6 Å². The summed E-state index contributed by atoms with van der Waals surface area (Å²) < 4.78 is 50.0. The van der Waals surface area contributed by atoms with Gasteiger partial charge in [-0.25, -0.2) is 13.2 Å². The summed E-state index contributed by atoms with van der Waals surface area (Å²) in [5.74, 6) is -0.483. The van der Waals surface area contributed by atoms with E-state index in [4.69, 9.17) is 4.74 Å². The number of benzene rings is 2. The second-order valence-electron chi connectivity index (χ2n) is 10.6. The van der Waals surface area contributed by atoms with Crippen LogP contribution in [0.1, 0.15) is 75.3 Å². The van der Waals surface area contributed by atoms with Crippen molar-refractivity contribution in [2.75, 3.05) is 6.61 Å². The lowest BCUT2D eigenvalue weighted by Crippen LogP contribution is -2.19. The minimum atomic E-state index is -0.752. The number of allylic oxidation sites excluding steroid dienone is 2. The first-order valence-corrected chi connectivity index (χ1v) is 13.2. The maximum atomic E-state index is 15.1. The molecule has 4 heteroatoms. The molecular formula is C31H35F3O. The number of hydrogen-bond donors (Lipinski definition) is 0. The van der Waals surface area contributed by atoms with Crippen LogP contribution in [0.25, 0.3) is 17.2 Å². The molecule has 2 fully saturated rings. The molecule has 35 heavy (non-hydrogen) atoms. The van der Waals surface area contributed by atoms with E-state index >= 15 is 8.78 Å². The summed E-state index contributed by atoms with van der Waals surface area (Å²) >= 11 is 0. The van der Waals surface area contributed by atoms with E-state index in [2.05, 4.69) is 0 Å². The highest BCUT2D eigenvalue weighted by molar-refractivity contribution is 5.67. The molecule has 0 bridgehead atoms. The Kier molecular flexibility index (Phi) is 7.48. The Balaban J connectivity index is 1.16. The predicted molar refractivity (Wildman–Crippen MR) is 136 cm³/mol. The van der Waals surface area contributed by atoms with Gasteiger partial charge in [-0.1, -0.05) is 48.6 Å². The molecule has 2 aliphatic carbocycles. The topological polar surface area (TPSA) is 12.5 Å². The average molecular weight is 481 g/mol. The van der Waals surface area contributed by atoms with Crippen molar-refractivity contribution in [2.45, 2.75) is 70.3 Å². The molecule has 2 aromatic rings. The van der Waals surface area contributed by atoms with Crippen LogP contribution < -0.4 is 0 Å². The van der Waals surface area contributed by atoms with Gasteiger partial charge in [-0.2, -0.15) is 0 Å². The van der Waals surface area contributed by atoms with Gasteiger partial charge in [-0.05, 0) is 92.9 Å². The minimum Gasteiger partial charge on any atom is -0.372 e. The zero-order valence-electron chi connectivity index (χ0n) is 20.5. The van der Waals surface area contributed by atoms with Crippen molar-refractivity contribution in [3.63, 3.8) is 0 Å². The Labute approximate surface area is 207 Å². The first-order chi connectivity index (χ1) is 17.0. The Bertz CT molecular complexity index is 1080. The highest BCUT2D eigenvalue weighted by Gasteiger charge is 2.35. The molecule has 1 saturated carbocycles. The molecule has 0 spiro atoms. The largest absolute Gasteiger partial charge is 0.372 e. The Morgan fingerprint density at radius 3 is 2.26 bits per heavy atom. The third kappa shape index (κ3) is 5.58. The Morgan fingerprint density at radius 1 is 0.857 bits per heavy atom. The zero-order chi connectivity index (χ0) is 24.4. The molecule has 3 unspecified atom stereocenters. The van der Waals surface area contributed by atoms with Crippen molar-refractivity contribution in [3.8, 4) is 11.1 Å². The quantitative estimate of drug-likeness (QED) is 0.360. The Morgan fingerprint density at radius 2 is 1.60 bits per heavy atom. The highest BCUT2D eigenvalue weighted by atomic mass is 19.2. The number of rotatable bonds is 7. The van der Waals surface area contributed by atoms with Crippen LogP contribution in [-0.4, -0.2) is 12.7 Å². The van der Waals surface area contributed by atoms with E-state index in [9.17, 15) is 4.39 Å². The van der Waals surface area contributed by atoms with Gasteiger partial charge in [0.25, 0.3) is 0 Å². The summed E-state index contributed by atoms with van der Waals surface area (Å²) in [6, 6.07) is 11.0. The fraction of sp³-hybridized carbons (Fsp3) is 0.484. The monoisotopic (exact) mass is 480 g/mol. The van der Waals surface area contributed by atoms with E-state index in [1.54, 1.807) is 18.2 Å². The maximum absolute atomic E-state index is 15.1. The third-order valence-electron chi connectivity index (χ3n) is 8.35. The normalized spacial score (nSPS) is 28.8. The van der Waals surface area contributed by atoms with E-state index in [0.717, 1.165) is 63.5 Å². The van der Waals surface area contributed by atoms with Gasteiger partial charge in [-0.3, -0.25) is 0 Å². The molecule has 5 rings (SSSR count). The molecule has 1 nitrogen and oxygen atoms in total. The van der Waals surface area contributed by atoms with Crippen molar-refractivity contribution >= 4 is 6.08 Å². The summed E-state index contributed by atoms with van der Waals surface area (Å²) in [7, 11) is 0. The summed E-state index contributed by atoms with van der Waals surface area (Å²) in [5, 5.41) is 0. The highest BCUT2D eigenvalue weighted by Crippen LogP contribution is 2.42. The van der Waals surface area contributed by atoms with Crippen LogP contribution in [0.3, 0.4) is 0 Å². The van der Waals surface area contributed by atoms with Gasteiger partial charge in [0.05, 0.1) is 18.5 Å². The molecule has 0 N–H and O–H groups in total. The molecule has 186 valence electrons. The van der Waals surface area contributed by atoms with Gasteiger partial charge >= 0.3 is 0 Å². The average Bonchev–Trinajstić information content (AvgIpc) is 3.72. The summed E-state index contributed by atoms with van der Waals surface area (Å²) in [4.78, 5) is 0. The van der Waals surface area contributed by atoms with Crippen LogP contribution in [0, 0.1) is 29.4 Å². The number of hydrogen-bond acceptors (Lipinski definition) is 1. The van der Waals surface area contributed by atoms with Gasteiger partial charge in [0.1, 0.15) is 0 Å². The lowest BCUT2D eigenvalue weighted by atomic mass is 9.75. The molecule has 3 aliphatic rings. The molecule has 3 atom stereocenters. The predicted octanol–water partition coefficient (Wildman–Crippen LogP) is 9.00. The first-order valence-electron chi connectivity index (χ1n) is 13.2. The van der Waals surface area contributed by atoms with Gasteiger partial charge < -0.3 is 4.74 Å². The molecule has 1 saturated heterocycles. The second kappa shape index (κ2) is 10.7. The first kappa shape index (κ1) is 24.4. The SMILES string of the molecule is C/C=C/c1ccc(-c2ccc(C3CCC(CCC4CCC(C5CO5)C=C4F)CC3)c(F)c2F)cc1. The van der Waals surface area contributed by atoms with Crippen molar-refractivity contribution in [1.82, 2.24) is 0 Å². The van der Waals surface area contributed by atoms with E-state index in [0.29, 0.717) is 22.6 Å². The lowest BCUT2D eigenvalue weighted by molar-refractivity contribution is 0.257. The summed E-state index contributed by atoms with van der Waals surface area (Å²) in [5.41, 5.74) is 2.53. The lowest BCUT2D eigenvalue weighted by Gasteiger charge is -2.31. The molecule has 1 heterocycles.